The summed E-state index contributed by atoms with van der Waals surface area (Å²) in [6.07, 6.45) is 3.70. The summed E-state index contributed by atoms with van der Waals surface area (Å²) in [5, 5.41) is 9.17. The Balaban J connectivity index is 3.71. The van der Waals surface area contributed by atoms with Gasteiger partial charge in [-0.3, -0.25) is 0 Å². The standard InChI is InChI=1S/C8H15O/c1-7(2)5-6-8(3,4)9/h5-6,9H,1-4H3. The van der Waals surface area contributed by atoms with Crippen molar-refractivity contribution in [3.63, 3.8) is 0 Å². The van der Waals surface area contributed by atoms with E-state index in [2.05, 4.69) is 0 Å². The zero-order valence-electron chi connectivity index (χ0n) is 6.60. The predicted molar refractivity (Wildman–Crippen MR) is 40.0 cm³/mol. The molecule has 0 aliphatic rings. The van der Waals surface area contributed by atoms with Crippen LogP contribution in [0.3, 0.4) is 0 Å². The topological polar surface area (TPSA) is 20.2 Å². The Hall–Kier alpha value is -0.300. The van der Waals surface area contributed by atoms with Crippen LogP contribution in [0.1, 0.15) is 27.7 Å². The minimum atomic E-state index is -0.669. The normalized spacial score (nSPS) is 13.6. The van der Waals surface area contributed by atoms with Crippen LogP contribution in [0.2, 0.25) is 0 Å². The lowest BCUT2D eigenvalue weighted by Crippen LogP contribution is -2.13. The molecule has 0 saturated carbocycles. The summed E-state index contributed by atoms with van der Waals surface area (Å²) in [7, 11) is 0. The number of rotatable bonds is 2. The molecule has 0 saturated heterocycles. The molecule has 1 heteroatoms. The largest absolute Gasteiger partial charge is 0.386 e. The van der Waals surface area contributed by atoms with Gasteiger partial charge in [-0.2, -0.15) is 0 Å². The molecule has 0 fully saturated rings. The summed E-state index contributed by atoms with van der Waals surface area (Å²) in [5.74, 6) is 1.21. The number of hydrogen-bond donors (Lipinski definition) is 1. The average Bonchev–Trinajstić information content (AvgIpc) is 1.59. The minimum Gasteiger partial charge on any atom is -0.386 e. The molecule has 0 spiro atoms. The Morgan fingerprint density at radius 2 is 1.78 bits per heavy atom. The maximum atomic E-state index is 9.17. The highest BCUT2D eigenvalue weighted by atomic mass is 16.3. The number of hydrogen-bond acceptors (Lipinski definition) is 1. The Morgan fingerprint density at radius 3 is 1.89 bits per heavy atom. The van der Waals surface area contributed by atoms with Gasteiger partial charge >= 0.3 is 0 Å². The molecule has 0 aliphatic carbocycles. The Bertz CT molecular complexity index is 95.6. The van der Waals surface area contributed by atoms with E-state index in [1.165, 1.54) is 5.92 Å². The fourth-order valence-corrected chi connectivity index (χ4v) is 0.371. The summed E-state index contributed by atoms with van der Waals surface area (Å²) in [4.78, 5) is 0. The third-order valence-corrected chi connectivity index (χ3v) is 0.825. The van der Waals surface area contributed by atoms with Crippen LogP contribution >= 0.6 is 0 Å². The first-order valence-corrected chi connectivity index (χ1v) is 3.13. The highest BCUT2D eigenvalue weighted by Gasteiger charge is 2.05. The van der Waals surface area contributed by atoms with Crippen LogP contribution in [0.5, 0.6) is 0 Å². The van der Waals surface area contributed by atoms with E-state index in [1.807, 2.05) is 19.9 Å². The Morgan fingerprint density at radius 1 is 1.33 bits per heavy atom. The van der Waals surface area contributed by atoms with Crippen molar-refractivity contribution in [2.24, 2.45) is 0 Å². The molecule has 1 nitrogen and oxygen atoms in total. The van der Waals surface area contributed by atoms with Gasteiger partial charge in [0.1, 0.15) is 0 Å². The summed E-state index contributed by atoms with van der Waals surface area (Å²) < 4.78 is 0. The molecule has 1 N–H and O–H groups in total. The van der Waals surface area contributed by atoms with Crippen LogP contribution in [-0.2, 0) is 0 Å². The monoisotopic (exact) mass is 127 g/mol. The SMILES string of the molecule is C[C](C)C=CC(C)(C)O. The molecule has 1 radical (unpaired) electrons. The summed E-state index contributed by atoms with van der Waals surface area (Å²) in [5.41, 5.74) is -0.669. The second-order valence-corrected chi connectivity index (χ2v) is 3.06. The van der Waals surface area contributed by atoms with Crippen LogP contribution < -0.4 is 0 Å². The zero-order valence-corrected chi connectivity index (χ0v) is 6.60. The first-order valence-electron chi connectivity index (χ1n) is 3.13. The first-order chi connectivity index (χ1) is 3.92. The lowest BCUT2D eigenvalue weighted by Gasteiger charge is -2.10. The smallest absolute Gasteiger partial charge is 0.0771 e. The second-order valence-electron chi connectivity index (χ2n) is 3.06. The van der Waals surface area contributed by atoms with Crippen molar-refractivity contribution in [2.75, 3.05) is 0 Å². The van der Waals surface area contributed by atoms with Crippen LogP contribution in [0.15, 0.2) is 12.2 Å². The molecule has 0 aliphatic heterocycles. The molecule has 53 valence electrons. The van der Waals surface area contributed by atoms with E-state index in [1.54, 1.807) is 19.9 Å². The molecule has 0 unspecified atom stereocenters. The van der Waals surface area contributed by atoms with Crippen molar-refractivity contribution in [1.82, 2.24) is 0 Å². The van der Waals surface area contributed by atoms with Crippen LogP contribution in [0.25, 0.3) is 0 Å². The Labute approximate surface area is 57.4 Å². The molecule has 9 heavy (non-hydrogen) atoms. The van der Waals surface area contributed by atoms with Gasteiger partial charge in [0.25, 0.3) is 0 Å². The van der Waals surface area contributed by atoms with Gasteiger partial charge in [0.05, 0.1) is 5.60 Å². The van der Waals surface area contributed by atoms with E-state index >= 15 is 0 Å². The van der Waals surface area contributed by atoms with Crippen LogP contribution in [-0.4, -0.2) is 10.7 Å². The average molecular weight is 127 g/mol. The van der Waals surface area contributed by atoms with E-state index < -0.39 is 5.60 Å². The summed E-state index contributed by atoms with van der Waals surface area (Å²) >= 11 is 0. The number of allylic oxidation sites excluding steroid dienone is 1. The Kier molecular flexibility index (Phi) is 2.92. The van der Waals surface area contributed by atoms with E-state index in [9.17, 15) is 0 Å². The molecule has 0 amide bonds. The lowest BCUT2D eigenvalue weighted by atomic mass is 10.1. The maximum absolute atomic E-state index is 9.17. The van der Waals surface area contributed by atoms with E-state index in [0.717, 1.165) is 0 Å². The molecule has 0 aromatic carbocycles. The molecule has 0 aromatic rings. The predicted octanol–water partition coefficient (Wildman–Crippen LogP) is 1.93. The second kappa shape index (κ2) is 3.02. The van der Waals surface area contributed by atoms with E-state index in [-0.39, 0.29) is 0 Å². The molecular formula is C8H15O. The molecule has 0 atom stereocenters. The zero-order chi connectivity index (χ0) is 7.49. The van der Waals surface area contributed by atoms with Gasteiger partial charge in [-0.25, -0.2) is 0 Å². The summed E-state index contributed by atoms with van der Waals surface area (Å²) in [6, 6.07) is 0. The first kappa shape index (κ1) is 8.70. The molecule has 0 heterocycles. The van der Waals surface area contributed by atoms with Crippen LogP contribution in [0, 0.1) is 5.92 Å². The lowest BCUT2D eigenvalue weighted by molar-refractivity contribution is 0.133. The number of aliphatic hydroxyl groups is 1. The van der Waals surface area contributed by atoms with Gasteiger partial charge in [-0.1, -0.05) is 26.0 Å². The van der Waals surface area contributed by atoms with Crippen molar-refractivity contribution >= 4 is 0 Å². The third kappa shape index (κ3) is 7.70. The highest BCUT2D eigenvalue weighted by Crippen LogP contribution is 2.06. The van der Waals surface area contributed by atoms with Gasteiger partial charge in [0, 0.05) is 0 Å². The quantitative estimate of drug-likeness (QED) is 0.601. The maximum Gasteiger partial charge on any atom is 0.0771 e. The van der Waals surface area contributed by atoms with Gasteiger partial charge in [-0.15, -0.1) is 0 Å². The van der Waals surface area contributed by atoms with Crippen molar-refractivity contribution in [2.45, 2.75) is 33.3 Å². The van der Waals surface area contributed by atoms with Gasteiger partial charge in [0.2, 0.25) is 0 Å². The van der Waals surface area contributed by atoms with Crippen LogP contribution in [0.4, 0.5) is 0 Å². The van der Waals surface area contributed by atoms with E-state index in [4.69, 9.17) is 5.11 Å². The van der Waals surface area contributed by atoms with Crippen molar-refractivity contribution in [3.05, 3.63) is 18.1 Å². The van der Waals surface area contributed by atoms with Gasteiger partial charge < -0.3 is 5.11 Å². The van der Waals surface area contributed by atoms with Crippen molar-refractivity contribution in [1.29, 1.82) is 0 Å². The molecular weight excluding hydrogens is 112 g/mol. The van der Waals surface area contributed by atoms with Crippen molar-refractivity contribution < 1.29 is 5.11 Å². The van der Waals surface area contributed by atoms with Gasteiger partial charge in [-0.05, 0) is 19.8 Å². The third-order valence-electron chi connectivity index (χ3n) is 0.825. The van der Waals surface area contributed by atoms with E-state index in [0.29, 0.717) is 0 Å². The summed E-state index contributed by atoms with van der Waals surface area (Å²) in [6.45, 7) is 7.52. The fourth-order valence-electron chi connectivity index (χ4n) is 0.371. The van der Waals surface area contributed by atoms with Gasteiger partial charge in [0.15, 0.2) is 0 Å². The molecule has 0 aromatic heterocycles. The highest BCUT2D eigenvalue weighted by molar-refractivity contribution is 5.08. The van der Waals surface area contributed by atoms with Crippen molar-refractivity contribution in [3.8, 4) is 0 Å². The minimum absolute atomic E-state index is 0.669. The molecule has 0 bridgehead atoms. The fraction of sp³-hybridized carbons (Fsp3) is 0.625. The molecule has 0 rings (SSSR count).